The van der Waals surface area contributed by atoms with E-state index in [4.69, 9.17) is 33.3 Å². The number of hydrogen-bond donors (Lipinski definition) is 3. The highest BCUT2D eigenvalue weighted by Gasteiger charge is 2.29. The van der Waals surface area contributed by atoms with E-state index in [2.05, 4.69) is 21.6 Å². The molecule has 1 saturated heterocycles. The van der Waals surface area contributed by atoms with Crippen LogP contribution in [0.25, 0.3) is 5.65 Å². The molecule has 2 aromatic heterocycles. The zero-order valence-electron chi connectivity index (χ0n) is 20.7. The van der Waals surface area contributed by atoms with Crippen molar-refractivity contribution in [3.8, 4) is 0 Å². The van der Waals surface area contributed by atoms with Gasteiger partial charge in [-0.1, -0.05) is 29.3 Å². The molecule has 38 heavy (non-hydrogen) atoms. The number of nitrogens with one attached hydrogen (secondary N) is 2. The number of nitrogens with zero attached hydrogens (tertiary/aromatic N) is 4. The number of carbonyl (C=O) groups excluding carboxylic acids is 1. The number of halogens is 2. The number of aromatic nitrogens is 3. The lowest BCUT2D eigenvalue weighted by Crippen LogP contribution is -2.32. The molecule has 1 saturated carbocycles. The van der Waals surface area contributed by atoms with Gasteiger partial charge in [-0.25, -0.2) is 4.98 Å². The minimum atomic E-state index is -0.216. The summed E-state index contributed by atoms with van der Waals surface area (Å²) in [7, 11) is 0. The number of aliphatic hydroxyl groups is 1. The van der Waals surface area contributed by atoms with Crippen LogP contribution in [0.2, 0.25) is 10.0 Å². The van der Waals surface area contributed by atoms with Crippen molar-refractivity contribution in [2.45, 2.75) is 44.2 Å². The fourth-order valence-corrected chi connectivity index (χ4v) is 5.48. The molecular weight excluding hydrogens is 523 g/mol. The molecule has 0 radical (unpaired) electrons. The van der Waals surface area contributed by atoms with Crippen molar-refractivity contribution in [1.29, 1.82) is 0 Å². The van der Waals surface area contributed by atoms with Gasteiger partial charge >= 0.3 is 0 Å². The molecule has 2 aliphatic rings. The summed E-state index contributed by atoms with van der Waals surface area (Å²) in [5, 5.41) is 22.1. The fourth-order valence-electron chi connectivity index (χ4n) is 4.95. The summed E-state index contributed by atoms with van der Waals surface area (Å²) in [6.07, 6.45) is 4.29. The molecule has 8 nitrogen and oxygen atoms in total. The highest BCUT2D eigenvalue weighted by molar-refractivity contribution is 6.36. The van der Waals surface area contributed by atoms with Crippen molar-refractivity contribution in [2.24, 2.45) is 0 Å². The van der Waals surface area contributed by atoms with Crippen molar-refractivity contribution in [2.75, 3.05) is 23.4 Å². The molecule has 1 aliphatic heterocycles. The van der Waals surface area contributed by atoms with E-state index in [9.17, 15) is 9.90 Å². The summed E-state index contributed by atoms with van der Waals surface area (Å²) >= 11 is 12.4. The predicted octanol–water partition coefficient (Wildman–Crippen LogP) is 5.55. The summed E-state index contributed by atoms with van der Waals surface area (Å²) in [5.74, 6) is 1.90. The highest BCUT2D eigenvalue weighted by atomic mass is 35.5. The SMILES string of the molecule is O=C(NCc1c(Cl)cccc1Cl)c1ccc(Nc2cc(N3CCC[C@H]3CO)nc3cc(C4CC4)nn23)cc1. The first-order valence-electron chi connectivity index (χ1n) is 12.9. The second-order valence-corrected chi connectivity index (χ2v) is 10.7. The topological polar surface area (TPSA) is 94.8 Å². The first-order chi connectivity index (χ1) is 18.5. The normalized spacial score (nSPS) is 17.2. The fraction of sp³-hybridized carbons (Fsp3) is 0.321. The van der Waals surface area contributed by atoms with E-state index in [1.54, 1.807) is 30.3 Å². The molecule has 3 heterocycles. The first kappa shape index (κ1) is 25.0. The lowest BCUT2D eigenvalue weighted by Gasteiger charge is -2.25. The minimum absolute atomic E-state index is 0.0714. The van der Waals surface area contributed by atoms with Crippen LogP contribution in [0, 0.1) is 0 Å². The summed E-state index contributed by atoms with van der Waals surface area (Å²) in [4.78, 5) is 19.8. The van der Waals surface area contributed by atoms with Crippen LogP contribution in [0.4, 0.5) is 17.3 Å². The zero-order valence-corrected chi connectivity index (χ0v) is 22.2. The molecule has 6 rings (SSSR count). The molecule has 0 spiro atoms. The smallest absolute Gasteiger partial charge is 0.251 e. The second-order valence-electron chi connectivity index (χ2n) is 9.87. The third-order valence-corrected chi connectivity index (χ3v) is 7.93. The number of benzene rings is 2. The van der Waals surface area contributed by atoms with E-state index in [-0.39, 0.29) is 25.1 Å². The maximum Gasteiger partial charge on any atom is 0.251 e. The van der Waals surface area contributed by atoms with Crippen LogP contribution in [-0.4, -0.2) is 44.8 Å². The van der Waals surface area contributed by atoms with Crippen LogP contribution in [-0.2, 0) is 6.54 Å². The molecule has 196 valence electrons. The van der Waals surface area contributed by atoms with Crippen molar-refractivity contribution >= 4 is 52.1 Å². The summed E-state index contributed by atoms with van der Waals surface area (Å²) < 4.78 is 1.84. The Morgan fingerprint density at radius 3 is 2.53 bits per heavy atom. The lowest BCUT2D eigenvalue weighted by atomic mass is 10.1. The van der Waals surface area contributed by atoms with Crippen LogP contribution >= 0.6 is 23.2 Å². The van der Waals surface area contributed by atoms with Gasteiger partial charge in [0.2, 0.25) is 0 Å². The molecule has 1 aliphatic carbocycles. The number of aliphatic hydroxyl groups excluding tert-OH is 1. The van der Waals surface area contributed by atoms with Gasteiger partial charge in [-0.2, -0.15) is 9.61 Å². The first-order valence-corrected chi connectivity index (χ1v) is 13.6. The molecular formula is C28H28Cl2N6O2. The second kappa shape index (κ2) is 10.4. The molecule has 1 amide bonds. The average Bonchev–Trinajstić information content (AvgIpc) is 3.49. The van der Waals surface area contributed by atoms with E-state index in [0.29, 0.717) is 27.1 Å². The van der Waals surface area contributed by atoms with Gasteiger partial charge in [0, 0.05) is 58.0 Å². The average molecular weight is 551 g/mol. The molecule has 1 atom stereocenters. The van der Waals surface area contributed by atoms with Crippen LogP contribution < -0.4 is 15.5 Å². The Labute approximate surface area is 230 Å². The minimum Gasteiger partial charge on any atom is -0.394 e. The maximum absolute atomic E-state index is 12.7. The monoisotopic (exact) mass is 550 g/mol. The summed E-state index contributed by atoms with van der Waals surface area (Å²) in [5.41, 5.74) is 3.87. The highest BCUT2D eigenvalue weighted by Crippen LogP contribution is 2.40. The summed E-state index contributed by atoms with van der Waals surface area (Å²) in [6.45, 7) is 1.21. The standard InChI is InChI=1S/C28H28Cl2N6O2/c29-22-4-1-5-23(30)21(22)15-31-28(38)18-8-10-19(11-9-18)32-27-14-25(35-12-2-3-20(35)16-37)33-26-13-24(17-6-7-17)34-36(26)27/h1,4-5,8-11,13-14,17,20,32,37H,2-3,6-7,12,15-16H2,(H,31,38)/t20-/m0/s1. The quantitative estimate of drug-likeness (QED) is 0.266. The van der Waals surface area contributed by atoms with E-state index in [0.717, 1.165) is 60.9 Å². The lowest BCUT2D eigenvalue weighted by molar-refractivity contribution is 0.0951. The number of amides is 1. The van der Waals surface area contributed by atoms with Gasteiger partial charge in [0.05, 0.1) is 18.3 Å². The Morgan fingerprint density at radius 1 is 1.05 bits per heavy atom. The Bertz CT molecular complexity index is 1460. The van der Waals surface area contributed by atoms with E-state index in [1.807, 2.05) is 22.7 Å². The van der Waals surface area contributed by atoms with Crippen molar-refractivity contribution in [3.05, 3.63) is 81.5 Å². The predicted molar refractivity (Wildman–Crippen MR) is 150 cm³/mol. The Kier molecular flexibility index (Phi) is 6.86. The van der Waals surface area contributed by atoms with Crippen LogP contribution in [0.3, 0.4) is 0 Å². The number of fused-ring (bicyclic) bond motifs is 1. The Morgan fingerprint density at radius 2 is 1.82 bits per heavy atom. The van der Waals surface area contributed by atoms with Gasteiger partial charge in [-0.3, -0.25) is 4.79 Å². The third-order valence-electron chi connectivity index (χ3n) is 7.22. The van der Waals surface area contributed by atoms with E-state index >= 15 is 0 Å². The third kappa shape index (κ3) is 5.04. The van der Waals surface area contributed by atoms with E-state index in [1.165, 1.54) is 0 Å². The molecule has 2 aromatic carbocycles. The van der Waals surface area contributed by atoms with Crippen molar-refractivity contribution in [1.82, 2.24) is 19.9 Å². The molecule has 10 heteroatoms. The maximum atomic E-state index is 12.7. The molecule has 2 fully saturated rings. The van der Waals surface area contributed by atoms with E-state index < -0.39 is 0 Å². The van der Waals surface area contributed by atoms with Gasteiger partial charge in [0.1, 0.15) is 11.6 Å². The van der Waals surface area contributed by atoms with Gasteiger partial charge in [0.25, 0.3) is 5.91 Å². The molecule has 4 aromatic rings. The number of carbonyl (C=O) groups is 1. The van der Waals surface area contributed by atoms with Gasteiger partial charge < -0.3 is 20.6 Å². The molecule has 0 unspecified atom stereocenters. The number of hydrogen-bond acceptors (Lipinski definition) is 6. The molecule has 0 bridgehead atoms. The number of rotatable bonds is 8. The van der Waals surface area contributed by atoms with Crippen LogP contribution in [0.1, 0.15) is 53.2 Å². The molecule has 3 N–H and O–H groups in total. The Balaban J connectivity index is 1.22. The number of anilines is 3. The largest absolute Gasteiger partial charge is 0.394 e. The van der Waals surface area contributed by atoms with Gasteiger partial charge in [-0.15, -0.1) is 0 Å². The van der Waals surface area contributed by atoms with Gasteiger partial charge in [0.15, 0.2) is 5.65 Å². The van der Waals surface area contributed by atoms with Crippen LogP contribution in [0.15, 0.2) is 54.6 Å². The van der Waals surface area contributed by atoms with Gasteiger partial charge in [-0.05, 0) is 62.1 Å². The van der Waals surface area contributed by atoms with Crippen molar-refractivity contribution in [3.63, 3.8) is 0 Å². The Hall–Kier alpha value is -3.33. The zero-order chi connectivity index (χ0) is 26.2. The van der Waals surface area contributed by atoms with Crippen molar-refractivity contribution < 1.29 is 9.90 Å². The summed E-state index contributed by atoms with van der Waals surface area (Å²) in [6, 6.07) is 16.7. The van der Waals surface area contributed by atoms with Crippen LogP contribution in [0.5, 0.6) is 0 Å².